The Balaban J connectivity index is 1.76. The Hall–Kier alpha value is -3.02. The summed E-state index contributed by atoms with van der Waals surface area (Å²) in [5.41, 5.74) is 2.08. The summed E-state index contributed by atoms with van der Waals surface area (Å²) in [7, 11) is 0. The second-order valence-electron chi connectivity index (χ2n) is 4.08. The van der Waals surface area contributed by atoms with E-state index in [1.165, 1.54) is 6.33 Å². The number of pyridine rings is 1. The molecule has 3 rings (SSSR count). The molecule has 1 aromatic carbocycles. The molecule has 98 valence electrons. The summed E-state index contributed by atoms with van der Waals surface area (Å²) in [6, 6.07) is 10.7. The Morgan fingerprint density at radius 2 is 1.95 bits per heavy atom. The molecule has 0 saturated carbocycles. The van der Waals surface area contributed by atoms with Gasteiger partial charge in [0, 0.05) is 11.8 Å². The van der Waals surface area contributed by atoms with Gasteiger partial charge in [-0.05, 0) is 36.4 Å². The van der Waals surface area contributed by atoms with Gasteiger partial charge < -0.3 is 5.32 Å². The maximum absolute atomic E-state index is 12.0. The first kappa shape index (κ1) is 12.0. The van der Waals surface area contributed by atoms with Crippen molar-refractivity contribution in [1.29, 1.82) is 0 Å². The summed E-state index contributed by atoms with van der Waals surface area (Å²) in [6.07, 6.45) is 6.32. The summed E-state index contributed by atoms with van der Waals surface area (Å²) in [4.78, 5) is 19.9. The molecule has 1 amide bonds. The predicted molar refractivity (Wildman–Crippen MR) is 73.5 cm³/mol. The van der Waals surface area contributed by atoms with E-state index in [9.17, 15) is 4.79 Å². The van der Waals surface area contributed by atoms with Crippen LogP contribution in [0.2, 0.25) is 0 Å². The number of carbonyl (C=O) groups excluding carboxylic acids is 1. The van der Waals surface area contributed by atoms with Crippen LogP contribution in [-0.4, -0.2) is 25.7 Å². The number of aromatic nitrogens is 4. The van der Waals surface area contributed by atoms with Crippen molar-refractivity contribution in [2.45, 2.75) is 0 Å². The van der Waals surface area contributed by atoms with Gasteiger partial charge in [0.25, 0.3) is 5.91 Å². The highest BCUT2D eigenvalue weighted by Crippen LogP contribution is 2.10. The first-order valence-electron chi connectivity index (χ1n) is 5.99. The predicted octanol–water partition coefficient (Wildman–Crippen LogP) is 1.91. The Morgan fingerprint density at radius 1 is 1.10 bits per heavy atom. The molecule has 0 radical (unpaired) electrons. The molecule has 0 atom stereocenters. The fraction of sp³-hybridized carbons (Fsp3) is 0. The number of anilines is 1. The smallest absolute Gasteiger partial charge is 0.255 e. The van der Waals surface area contributed by atoms with E-state index in [2.05, 4.69) is 20.4 Å². The minimum atomic E-state index is -0.178. The number of hydrogen-bond donors (Lipinski definition) is 1. The van der Waals surface area contributed by atoms with E-state index in [4.69, 9.17) is 0 Å². The molecular weight excluding hydrogens is 254 g/mol. The lowest BCUT2D eigenvalue weighted by atomic mass is 10.2. The maximum atomic E-state index is 12.0. The largest absolute Gasteiger partial charge is 0.321 e. The van der Waals surface area contributed by atoms with Gasteiger partial charge >= 0.3 is 0 Å². The van der Waals surface area contributed by atoms with Gasteiger partial charge in [-0.15, -0.1) is 0 Å². The van der Waals surface area contributed by atoms with Crippen LogP contribution < -0.4 is 5.32 Å². The third-order valence-electron chi connectivity index (χ3n) is 2.73. The minimum Gasteiger partial charge on any atom is -0.321 e. The van der Waals surface area contributed by atoms with Crippen molar-refractivity contribution in [3.8, 4) is 5.69 Å². The number of rotatable bonds is 3. The van der Waals surface area contributed by atoms with Gasteiger partial charge in [-0.25, -0.2) is 9.67 Å². The molecule has 0 aliphatic heterocycles. The van der Waals surface area contributed by atoms with Crippen molar-refractivity contribution in [3.05, 3.63) is 67.0 Å². The fourth-order valence-corrected chi connectivity index (χ4v) is 1.75. The number of nitrogens with zero attached hydrogens (tertiary/aromatic N) is 4. The zero-order valence-corrected chi connectivity index (χ0v) is 10.5. The number of amides is 1. The fourth-order valence-electron chi connectivity index (χ4n) is 1.75. The molecule has 3 aromatic rings. The van der Waals surface area contributed by atoms with Crippen molar-refractivity contribution in [3.63, 3.8) is 0 Å². The number of hydrogen-bond acceptors (Lipinski definition) is 4. The molecule has 0 spiro atoms. The summed E-state index contributed by atoms with van der Waals surface area (Å²) >= 11 is 0. The summed E-state index contributed by atoms with van der Waals surface area (Å²) in [5, 5.41) is 6.80. The average Bonchev–Trinajstić information content (AvgIpc) is 3.03. The van der Waals surface area contributed by atoms with Gasteiger partial charge in [-0.3, -0.25) is 9.78 Å². The van der Waals surface area contributed by atoms with E-state index < -0.39 is 0 Å². The highest BCUT2D eigenvalue weighted by Gasteiger charge is 2.06. The summed E-state index contributed by atoms with van der Waals surface area (Å²) in [6.45, 7) is 0. The molecule has 6 nitrogen and oxygen atoms in total. The van der Waals surface area contributed by atoms with Crippen LogP contribution >= 0.6 is 0 Å². The van der Waals surface area contributed by atoms with Crippen LogP contribution in [0.3, 0.4) is 0 Å². The molecule has 2 aromatic heterocycles. The molecule has 6 heteroatoms. The van der Waals surface area contributed by atoms with Crippen LogP contribution in [0.5, 0.6) is 0 Å². The second-order valence-corrected chi connectivity index (χ2v) is 4.08. The van der Waals surface area contributed by atoms with Crippen molar-refractivity contribution in [1.82, 2.24) is 19.7 Å². The first-order valence-corrected chi connectivity index (χ1v) is 5.99. The maximum Gasteiger partial charge on any atom is 0.255 e. The SMILES string of the molecule is O=C(Nc1cccnc1)c1ccc(-n2cncn2)cc1. The van der Waals surface area contributed by atoms with Gasteiger partial charge in [0.05, 0.1) is 17.6 Å². The van der Waals surface area contributed by atoms with Gasteiger partial charge in [0.15, 0.2) is 0 Å². The lowest BCUT2D eigenvalue weighted by Crippen LogP contribution is -2.12. The van der Waals surface area contributed by atoms with E-state index in [1.807, 2.05) is 12.1 Å². The highest BCUT2D eigenvalue weighted by atomic mass is 16.1. The molecule has 2 heterocycles. The third-order valence-corrected chi connectivity index (χ3v) is 2.73. The summed E-state index contributed by atoms with van der Waals surface area (Å²) < 4.78 is 1.63. The van der Waals surface area contributed by atoms with E-state index >= 15 is 0 Å². The zero-order chi connectivity index (χ0) is 13.8. The number of carbonyl (C=O) groups is 1. The number of benzene rings is 1. The Kier molecular flexibility index (Phi) is 3.20. The lowest BCUT2D eigenvalue weighted by molar-refractivity contribution is 0.102. The average molecular weight is 265 g/mol. The zero-order valence-electron chi connectivity index (χ0n) is 10.5. The van der Waals surface area contributed by atoms with Crippen LogP contribution in [0.1, 0.15) is 10.4 Å². The van der Waals surface area contributed by atoms with E-state index in [1.54, 1.807) is 47.7 Å². The van der Waals surface area contributed by atoms with Crippen LogP contribution in [0, 0.1) is 0 Å². The van der Waals surface area contributed by atoms with Gasteiger partial charge in [0.1, 0.15) is 12.7 Å². The minimum absolute atomic E-state index is 0.178. The van der Waals surface area contributed by atoms with Crippen molar-refractivity contribution >= 4 is 11.6 Å². The lowest BCUT2D eigenvalue weighted by Gasteiger charge is -2.05. The number of nitrogens with one attached hydrogen (secondary N) is 1. The molecule has 0 unspecified atom stereocenters. The van der Waals surface area contributed by atoms with Crippen LogP contribution in [-0.2, 0) is 0 Å². The Morgan fingerprint density at radius 3 is 2.60 bits per heavy atom. The molecule has 1 N–H and O–H groups in total. The van der Waals surface area contributed by atoms with Crippen LogP contribution in [0.15, 0.2) is 61.4 Å². The molecule has 0 aliphatic carbocycles. The summed E-state index contributed by atoms with van der Waals surface area (Å²) in [5.74, 6) is -0.178. The first-order chi connectivity index (χ1) is 9.83. The van der Waals surface area contributed by atoms with Gasteiger partial charge in [0.2, 0.25) is 0 Å². The highest BCUT2D eigenvalue weighted by molar-refractivity contribution is 6.04. The monoisotopic (exact) mass is 265 g/mol. The normalized spacial score (nSPS) is 10.2. The van der Waals surface area contributed by atoms with Crippen molar-refractivity contribution in [2.75, 3.05) is 5.32 Å². The van der Waals surface area contributed by atoms with Crippen molar-refractivity contribution in [2.24, 2.45) is 0 Å². The topological polar surface area (TPSA) is 72.7 Å². The second kappa shape index (κ2) is 5.31. The third kappa shape index (κ3) is 2.54. The standard InChI is InChI=1S/C14H11N5O/c20-14(18-12-2-1-7-15-8-12)11-3-5-13(6-4-11)19-10-16-9-17-19/h1-10H,(H,18,20). The molecule has 0 bridgehead atoms. The molecular formula is C14H11N5O. The van der Waals surface area contributed by atoms with E-state index in [-0.39, 0.29) is 5.91 Å². The van der Waals surface area contributed by atoms with Crippen LogP contribution in [0.4, 0.5) is 5.69 Å². The van der Waals surface area contributed by atoms with Crippen LogP contribution in [0.25, 0.3) is 5.69 Å². The van der Waals surface area contributed by atoms with Gasteiger partial charge in [-0.1, -0.05) is 0 Å². The van der Waals surface area contributed by atoms with E-state index in [0.717, 1.165) is 5.69 Å². The quantitative estimate of drug-likeness (QED) is 0.785. The van der Waals surface area contributed by atoms with E-state index in [0.29, 0.717) is 11.3 Å². The Bertz CT molecular complexity index is 692. The van der Waals surface area contributed by atoms with Gasteiger partial charge in [-0.2, -0.15) is 5.10 Å². The molecule has 0 aliphatic rings. The molecule has 20 heavy (non-hydrogen) atoms. The molecule has 0 fully saturated rings. The molecule has 0 saturated heterocycles. The van der Waals surface area contributed by atoms with Crippen molar-refractivity contribution < 1.29 is 4.79 Å². The Labute approximate surface area is 115 Å².